The fourth-order valence-corrected chi connectivity index (χ4v) is 4.98. The Bertz CT molecular complexity index is 1370. The van der Waals surface area contributed by atoms with Crippen molar-refractivity contribution < 1.29 is 9.18 Å². The predicted octanol–water partition coefficient (Wildman–Crippen LogP) is 2.78. The molecule has 1 aliphatic carbocycles. The van der Waals surface area contributed by atoms with Crippen LogP contribution in [0.3, 0.4) is 0 Å². The van der Waals surface area contributed by atoms with Gasteiger partial charge in [0.1, 0.15) is 29.5 Å². The van der Waals surface area contributed by atoms with Crippen molar-refractivity contribution in [2.45, 2.75) is 24.9 Å². The molecule has 2 aliphatic rings. The second-order valence-electron chi connectivity index (χ2n) is 8.53. The smallest absolute Gasteiger partial charge is 0.256 e. The summed E-state index contributed by atoms with van der Waals surface area (Å²) in [5, 5.41) is 11.5. The minimum Gasteiger partial charge on any atom is -0.383 e. The van der Waals surface area contributed by atoms with Crippen molar-refractivity contribution >= 4 is 28.6 Å². The molecular weight excluding hydrogens is 423 g/mol. The van der Waals surface area contributed by atoms with E-state index in [1.807, 2.05) is 4.68 Å². The molecule has 0 radical (unpaired) electrons. The Labute approximate surface area is 188 Å². The van der Waals surface area contributed by atoms with Crippen LogP contribution in [0.25, 0.3) is 22.3 Å². The summed E-state index contributed by atoms with van der Waals surface area (Å²) in [6.07, 6.45) is 5.06. The average Bonchev–Trinajstić information content (AvgIpc) is 3.54. The van der Waals surface area contributed by atoms with E-state index in [2.05, 4.69) is 25.6 Å². The monoisotopic (exact) mass is 444 g/mol. The maximum atomic E-state index is 15.3. The molecule has 3 unspecified atom stereocenters. The van der Waals surface area contributed by atoms with Crippen LogP contribution in [-0.4, -0.2) is 43.2 Å². The van der Waals surface area contributed by atoms with Gasteiger partial charge in [0.05, 0.1) is 11.4 Å². The lowest BCUT2D eigenvalue weighted by Crippen LogP contribution is -2.35. The number of fused-ring (bicyclic) bond motifs is 3. The summed E-state index contributed by atoms with van der Waals surface area (Å²) in [5.41, 5.74) is 7.56. The van der Waals surface area contributed by atoms with Gasteiger partial charge in [-0.1, -0.05) is 6.07 Å². The number of carbonyl (C=O) groups is 1. The summed E-state index contributed by atoms with van der Waals surface area (Å²) in [7, 11) is 0. The molecular formula is C23H21FN8O. The number of pyridine rings is 1. The van der Waals surface area contributed by atoms with Gasteiger partial charge in [-0.05, 0) is 55.6 Å². The summed E-state index contributed by atoms with van der Waals surface area (Å²) in [4.78, 5) is 25.1. The van der Waals surface area contributed by atoms with Gasteiger partial charge >= 0.3 is 0 Å². The summed E-state index contributed by atoms with van der Waals surface area (Å²) in [6, 6.07) is 9.89. The van der Waals surface area contributed by atoms with Gasteiger partial charge in [0, 0.05) is 23.4 Å². The maximum Gasteiger partial charge on any atom is 0.256 e. The van der Waals surface area contributed by atoms with E-state index in [1.54, 1.807) is 36.5 Å². The highest BCUT2D eigenvalue weighted by atomic mass is 19.1. The molecule has 1 aliphatic heterocycles. The second-order valence-corrected chi connectivity index (χ2v) is 8.53. The van der Waals surface area contributed by atoms with E-state index in [1.165, 1.54) is 12.4 Å². The first-order valence-electron chi connectivity index (χ1n) is 10.8. The van der Waals surface area contributed by atoms with Gasteiger partial charge in [0.2, 0.25) is 0 Å². The topological polar surface area (TPSA) is 124 Å². The molecule has 2 bridgehead atoms. The predicted molar refractivity (Wildman–Crippen MR) is 121 cm³/mol. The molecule has 6 rings (SSSR count). The van der Waals surface area contributed by atoms with Gasteiger partial charge in [0.25, 0.3) is 5.91 Å². The van der Waals surface area contributed by atoms with Gasteiger partial charge in [0.15, 0.2) is 5.65 Å². The zero-order valence-corrected chi connectivity index (χ0v) is 17.6. The molecule has 1 aromatic carbocycles. The second kappa shape index (κ2) is 7.59. The van der Waals surface area contributed by atoms with Gasteiger partial charge in [-0.15, -0.1) is 0 Å². The Balaban J connectivity index is 1.39. The Morgan fingerprint density at radius 2 is 2.09 bits per heavy atom. The number of nitrogen functional groups attached to an aromatic ring is 1. The van der Waals surface area contributed by atoms with Crippen LogP contribution in [0.1, 0.15) is 29.2 Å². The highest BCUT2D eigenvalue weighted by Crippen LogP contribution is 2.42. The number of nitrogens with two attached hydrogens (primary N) is 1. The van der Waals surface area contributed by atoms with Gasteiger partial charge < -0.3 is 16.4 Å². The minimum atomic E-state index is -0.579. The van der Waals surface area contributed by atoms with Crippen molar-refractivity contribution in [3.8, 4) is 11.3 Å². The van der Waals surface area contributed by atoms with Gasteiger partial charge in [-0.3, -0.25) is 4.79 Å². The van der Waals surface area contributed by atoms with Crippen LogP contribution in [0, 0.1) is 11.7 Å². The molecule has 4 heterocycles. The summed E-state index contributed by atoms with van der Waals surface area (Å²) >= 11 is 0. The number of amides is 1. The SMILES string of the molecule is Nc1ncnc2c1c(-c1ccc(C(=O)Nc3ccccn3)cc1F)nn2C1CC2CNC1C2. The molecule has 1 saturated carbocycles. The zero-order chi connectivity index (χ0) is 22.5. The highest BCUT2D eigenvalue weighted by molar-refractivity contribution is 6.04. The number of nitrogens with one attached hydrogen (secondary N) is 2. The van der Waals surface area contributed by atoms with E-state index in [0.717, 1.165) is 19.4 Å². The Morgan fingerprint density at radius 1 is 1.18 bits per heavy atom. The quantitative estimate of drug-likeness (QED) is 0.442. The minimum absolute atomic E-state index is 0.126. The number of carbonyl (C=O) groups excluding carboxylic acids is 1. The lowest BCUT2D eigenvalue weighted by molar-refractivity contribution is 0.102. The number of hydrogen-bond acceptors (Lipinski definition) is 7. The van der Waals surface area contributed by atoms with Crippen LogP contribution in [0.15, 0.2) is 48.9 Å². The van der Waals surface area contributed by atoms with Crippen LogP contribution in [0.4, 0.5) is 16.0 Å². The molecule has 10 heteroatoms. The molecule has 33 heavy (non-hydrogen) atoms. The molecule has 1 amide bonds. The van der Waals surface area contributed by atoms with E-state index in [-0.39, 0.29) is 23.0 Å². The van der Waals surface area contributed by atoms with Crippen molar-refractivity contribution in [1.82, 2.24) is 30.0 Å². The van der Waals surface area contributed by atoms with E-state index in [9.17, 15) is 4.79 Å². The number of halogens is 1. The number of rotatable bonds is 4. The number of aromatic nitrogens is 5. The van der Waals surface area contributed by atoms with E-state index in [0.29, 0.717) is 34.5 Å². The largest absolute Gasteiger partial charge is 0.383 e. The lowest BCUT2D eigenvalue weighted by atomic mass is 10.1. The normalized spacial score (nSPS) is 21.5. The van der Waals surface area contributed by atoms with E-state index >= 15 is 4.39 Å². The molecule has 4 N–H and O–H groups in total. The number of hydrogen-bond donors (Lipinski definition) is 3. The number of anilines is 2. The Morgan fingerprint density at radius 3 is 2.82 bits per heavy atom. The number of nitrogens with zero attached hydrogens (tertiary/aromatic N) is 5. The fraction of sp³-hybridized carbons (Fsp3) is 0.261. The van der Waals surface area contributed by atoms with Gasteiger partial charge in [-0.2, -0.15) is 5.10 Å². The van der Waals surface area contributed by atoms with E-state index < -0.39 is 11.7 Å². The molecule has 9 nitrogen and oxygen atoms in total. The first-order chi connectivity index (χ1) is 16.1. The first kappa shape index (κ1) is 19.7. The number of piperidine rings is 1. The van der Waals surface area contributed by atoms with Crippen molar-refractivity contribution in [2.24, 2.45) is 5.92 Å². The highest BCUT2D eigenvalue weighted by Gasteiger charge is 2.42. The molecule has 3 atom stereocenters. The van der Waals surface area contributed by atoms with Crippen molar-refractivity contribution in [3.05, 3.63) is 60.3 Å². The van der Waals surface area contributed by atoms with Crippen molar-refractivity contribution in [2.75, 3.05) is 17.6 Å². The molecule has 1 saturated heterocycles. The third-order valence-corrected chi connectivity index (χ3v) is 6.52. The standard InChI is InChI=1S/C23H21FN8O/c24-15-9-13(23(33)30-18-3-1-2-6-26-18)4-5-14(15)20-19-21(25)28-11-29-22(19)32(31-20)17-8-12-7-16(17)27-10-12/h1-6,9,11-12,16-17,27H,7-8,10H2,(H2,25,28,29)(H,26,30,33). The molecule has 3 aromatic heterocycles. The molecule has 0 spiro atoms. The third-order valence-electron chi connectivity index (χ3n) is 6.52. The zero-order valence-electron chi connectivity index (χ0n) is 17.6. The number of benzene rings is 1. The molecule has 4 aromatic rings. The summed E-state index contributed by atoms with van der Waals surface area (Å²) < 4.78 is 17.2. The van der Waals surface area contributed by atoms with Gasteiger partial charge in [-0.25, -0.2) is 24.0 Å². The third kappa shape index (κ3) is 3.30. The maximum absolute atomic E-state index is 15.3. The lowest BCUT2D eigenvalue weighted by Gasteiger charge is -2.23. The first-order valence-corrected chi connectivity index (χ1v) is 10.8. The average molecular weight is 444 g/mol. The van der Waals surface area contributed by atoms with Crippen molar-refractivity contribution in [3.63, 3.8) is 0 Å². The van der Waals surface area contributed by atoms with E-state index in [4.69, 9.17) is 10.8 Å². The Hall–Kier alpha value is -3.92. The van der Waals surface area contributed by atoms with Crippen LogP contribution >= 0.6 is 0 Å². The van der Waals surface area contributed by atoms with Crippen LogP contribution in [0.2, 0.25) is 0 Å². The fourth-order valence-electron chi connectivity index (χ4n) is 4.98. The van der Waals surface area contributed by atoms with Crippen molar-refractivity contribution in [1.29, 1.82) is 0 Å². The van der Waals surface area contributed by atoms with Crippen LogP contribution in [0.5, 0.6) is 0 Å². The summed E-state index contributed by atoms with van der Waals surface area (Å²) in [6.45, 7) is 1.01. The van der Waals surface area contributed by atoms with Crippen LogP contribution in [-0.2, 0) is 0 Å². The molecule has 2 fully saturated rings. The summed E-state index contributed by atoms with van der Waals surface area (Å²) in [5.74, 6) is 0.209. The molecule has 166 valence electrons. The van der Waals surface area contributed by atoms with Crippen LogP contribution < -0.4 is 16.4 Å². The Kier molecular flexibility index (Phi) is 4.54.